The van der Waals surface area contributed by atoms with Crippen LogP contribution in [0.4, 0.5) is 13.2 Å². The average molecular weight is 390 g/mol. The molecule has 0 radical (unpaired) electrons. The Morgan fingerprint density at radius 3 is 2.48 bits per heavy atom. The van der Waals surface area contributed by atoms with Crippen molar-refractivity contribution in [1.29, 1.82) is 0 Å². The highest BCUT2D eigenvalue weighted by molar-refractivity contribution is 9.10. The third kappa shape index (κ3) is 4.93. The van der Waals surface area contributed by atoms with Gasteiger partial charge in [-0.25, -0.2) is 0 Å². The fourth-order valence-electron chi connectivity index (χ4n) is 1.81. The van der Waals surface area contributed by atoms with E-state index in [-0.39, 0.29) is 6.61 Å². The molecule has 0 saturated carbocycles. The van der Waals surface area contributed by atoms with Crippen molar-refractivity contribution < 1.29 is 27.4 Å². The van der Waals surface area contributed by atoms with E-state index in [1.165, 1.54) is 0 Å². The molecule has 3 nitrogen and oxygen atoms in total. The molecule has 0 amide bonds. The molecule has 1 atom stereocenters. The minimum absolute atomic E-state index is 0.251. The molecule has 0 fully saturated rings. The van der Waals surface area contributed by atoms with Gasteiger partial charge in [0.1, 0.15) is 6.61 Å². The van der Waals surface area contributed by atoms with Crippen molar-refractivity contribution in [2.24, 2.45) is 0 Å². The van der Waals surface area contributed by atoms with Gasteiger partial charge >= 0.3 is 6.18 Å². The fourth-order valence-corrected chi connectivity index (χ4v) is 2.81. The first-order valence-corrected chi connectivity index (χ1v) is 7.47. The van der Waals surface area contributed by atoms with Crippen LogP contribution in [0.2, 0.25) is 0 Å². The molecule has 0 N–H and O–H groups in total. The maximum absolute atomic E-state index is 12.0. The lowest BCUT2D eigenvalue weighted by molar-refractivity contribution is -0.173. The van der Waals surface area contributed by atoms with Crippen molar-refractivity contribution in [3.63, 3.8) is 0 Å². The molecule has 1 aliphatic rings. The van der Waals surface area contributed by atoms with Crippen LogP contribution in [0, 0.1) is 0 Å². The van der Waals surface area contributed by atoms with Gasteiger partial charge in [-0.15, -0.1) is 11.6 Å². The van der Waals surface area contributed by atoms with E-state index in [1.54, 1.807) is 12.1 Å². The molecule has 118 valence electrons. The van der Waals surface area contributed by atoms with Gasteiger partial charge in [-0.1, -0.05) is 15.9 Å². The number of hydrogen-bond acceptors (Lipinski definition) is 3. The van der Waals surface area contributed by atoms with Gasteiger partial charge in [-0.05, 0) is 17.7 Å². The van der Waals surface area contributed by atoms with Crippen LogP contribution in [0.5, 0.6) is 11.5 Å². The van der Waals surface area contributed by atoms with Crippen LogP contribution in [-0.4, -0.2) is 32.6 Å². The van der Waals surface area contributed by atoms with Gasteiger partial charge in [-0.2, -0.15) is 13.2 Å². The summed E-state index contributed by atoms with van der Waals surface area (Å²) in [4.78, 5) is 0. The fraction of sp³-hybridized carbons (Fsp3) is 0.538. The Hall–Kier alpha value is -0.660. The van der Waals surface area contributed by atoms with Crippen molar-refractivity contribution in [2.75, 3.05) is 26.4 Å². The number of hydrogen-bond donors (Lipinski definition) is 0. The van der Waals surface area contributed by atoms with Gasteiger partial charge in [0.25, 0.3) is 0 Å². The van der Waals surface area contributed by atoms with Crippen molar-refractivity contribution in [1.82, 2.24) is 0 Å². The third-order valence-electron chi connectivity index (χ3n) is 2.73. The van der Waals surface area contributed by atoms with E-state index in [0.29, 0.717) is 34.7 Å². The van der Waals surface area contributed by atoms with Crippen molar-refractivity contribution in [3.8, 4) is 11.5 Å². The minimum Gasteiger partial charge on any atom is -0.490 e. The third-order valence-corrected chi connectivity index (χ3v) is 3.78. The first-order valence-electron chi connectivity index (χ1n) is 6.24. The van der Waals surface area contributed by atoms with Crippen LogP contribution in [0.3, 0.4) is 0 Å². The van der Waals surface area contributed by atoms with E-state index in [1.807, 2.05) is 0 Å². The van der Waals surface area contributed by atoms with Crippen LogP contribution in [0.1, 0.15) is 17.4 Å². The molecule has 0 saturated heterocycles. The first kappa shape index (κ1) is 16.7. The normalized spacial score (nSPS) is 16.4. The van der Waals surface area contributed by atoms with Crippen molar-refractivity contribution in [2.45, 2.75) is 18.0 Å². The highest BCUT2D eigenvalue weighted by Crippen LogP contribution is 2.39. The summed E-state index contributed by atoms with van der Waals surface area (Å²) in [5.41, 5.74) is 0.600. The summed E-state index contributed by atoms with van der Waals surface area (Å²) in [6.45, 7) is -0.499. The zero-order valence-corrected chi connectivity index (χ0v) is 13.2. The lowest BCUT2D eigenvalue weighted by Gasteiger charge is -2.16. The van der Waals surface area contributed by atoms with Crippen LogP contribution < -0.4 is 9.47 Å². The van der Waals surface area contributed by atoms with E-state index in [0.717, 1.165) is 6.42 Å². The number of rotatable bonds is 4. The number of fused-ring (bicyclic) bond motifs is 1. The summed E-state index contributed by atoms with van der Waals surface area (Å²) in [5.74, 6) is 1.12. The lowest BCUT2D eigenvalue weighted by atomic mass is 10.1. The quantitative estimate of drug-likeness (QED) is 0.711. The smallest absolute Gasteiger partial charge is 0.411 e. The van der Waals surface area contributed by atoms with E-state index >= 15 is 0 Å². The molecule has 8 heteroatoms. The Morgan fingerprint density at radius 1 is 1.24 bits per heavy atom. The van der Waals surface area contributed by atoms with Gasteiger partial charge in [0.15, 0.2) is 11.5 Å². The Kier molecular flexibility index (Phi) is 5.62. The molecule has 0 bridgehead atoms. The molecule has 2 rings (SSSR count). The molecule has 0 spiro atoms. The second kappa shape index (κ2) is 7.07. The van der Waals surface area contributed by atoms with Gasteiger partial charge in [-0.3, -0.25) is 0 Å². The van der Waals surface area contributed by atoms with E-state index < -0.39 is 18.2 Å². The number of alkyl halides is 4. The van der Waals surface area contributed by atoms with Crippen molar-refractivity contribution in [3.05, 3.63) is 22.2 Å². The summed E-state index contributed by atoms with van der Waals surface area (Å²) >= 11 is 9.44. The SMILES string of the molecule is FC(F)(F)COCC(Cl)c1cc2c(cc1Br)OCCCO2. The average Bonchev–Trinajstić information content (AvgIpc) is 2.60. The number of halogens is 5. The summed E-state index contributed by atoms with van der Waals surface area (Å²) in [6, 6.07) is 3.37. The molecule has 1 aliphatic heterocycles. The second-order valence-electron chi connectivity index (χ2n) is 4.47. The molecule has 21 heavy (non-hydrogen) atoms. The Bertz CT molecular complexity index is 496. The van der Waals surface area contributed by atoms with E-state index in [4.69, 9.17) is 21.1 Å². The van der Waals surface area contributed by atoms with Gasteiger partial charge in [0.2, 0.25) is 0 Å². The summed E-state index contributed by atoms with van der Waals surface area (Å²) in [7, 11) is 0. The number of ether oxygens (including phenoxy) is 3. The predicted octanol–water partition coefficient (Wildman–Crippen LogP) is 4.47. The molecule has 1 aromatic carbocycles. The summed E-state index contributed by atoms with van der Waals surface area (Å²) in [6.07, 6.45) is -3.60. The monoisotopic (exact) mass is 388 g/mol. The maximum Gasteiger partial charge on any atom is 0.411 e. The number of benzene rings is 1. The topological polar surface area (TPSA) is 27.7 Å². The Labute approximate surface area is 133 Å². The molecule has 1 aromatic rings. The van der Waals surface area contributed by atoms with Crippen LogP contribution in [-0.2, 0) is 4.74 Å². The minimum atomic E-state index is -4.36. The summed E-state index contributed by atoms with van der Waals surface area (Å²) < 4.78 is 52.4. The standard InChI is InChI=1S/C13H13BrClF3O3/c14-9-5-12-11(20-2-1-3-21-12)4-8(9)10(15)6-19-7-13(16,17)18/h4-5,10H,1-3,6-7H2. The van der Waals surface area contributed by atoms with Gasteiger partial charge in [0.05, 0.1) is 25.2 Å². The zero-order valence-electron chi connectivity index (χ0n) is 10.9. The van der Waals surface area contributed by atoms with E-state index in [2.05, 4.69) is 20.7 Å². The van der Waals surface area contributed by atoms with Gasteiger partial charge < -0.3 is 14.2 Å². The Morgan fingerprint density at radius 2 is 1.86 bits per heavy atom. The highest BCUT2D eigenvalue weighted by atomic mass is 79.9. The lowest BCUT2D eigenvalue weighted by Crippen LogP contribution is -2.18. The first-order chi connectivity index (χ1) is 9.87. The summed E-state index contributed by atoms with van der Waals surface area (Å²) in [5, 5.41) is -0.723. The second-order valence-corrected chi connectivity index (χ2v) is 5.85. The van der Waals surface area contributed by atoms with Crippen LogP contribution >= 0.6 is 27.5 Å². The molecule has 0 aromatic heterocycles. The maximum atomic E-state index is 12.0. The van der Waals surface area contributed by atoms with Gasteiger partial charge in [0, 0.05) is 10.9 Å². The van der Waals surface area contributed by atoms with E-state index in [9.17, 15) is 13.2 Å². The highest BCUT2D eigenvalue weighted by Gasteiger charge is 2.28. The molecular formula is C13H13BrClF3O3. The van der Waals surface area contributed by atoms with Crippen LogP contribution in [0.15, 0.2) is 16.6 Å². The van der Waals surface area contributed by atoms with Crippen molar-refractivity contribution >= 4 is 27.5 Å². The molecule has 1 unspecified atom stereocenters. The molecule has 1 heterocycles. The molecular weight excluding hydrogens is 376 g/mol. The van der Waals surface area contributed by atoms with Crippen LogP contribution in [0.25, 0.3) is 0 Å². The predicted molar refractivity (Wildman–Crippen MR) is 75.2 cm³/mol. The molecule has 0 aliphatic carbocycles. The Balaban J connectivity index is 2.06. The largest absolute Gasteiger partial charge is 0.490 e. The zero-order chi connectivity index (χ0) is 15.5.